The molecule has 1 aliphatic carbocycles. The lowest BCUT2D eigenvalue weighted by atomic mass is 10.1. The normalized spacial score (nSPS) is 15.4. The van der Waals surface area contributed by atoms with Crippen LogP contribution in [0.3, 0.4) is 0 Å². The Kier molecular flexibility index (Phi) is 4.52. The number of rotatable bonds is 4. The Morgan fingerprint density at radius 2 is 2.11 bits per heavy atom. The third kappa shape index (κ3) is 3.32. The Hall–Kier alpha value is -1.43. The zero-order valence-corrected chi connectivity index (χ0v) is 12.0. The molecule has 0 unspecified atom stereocenters. The second kappa shape index (κ2) is 6.14. The number of alkyl halides is 1. The molecule has 1 aliphatic rings. The largest absolute Gasteiger partial charge is 0.349 e. The molecule has 0 saturated heterocycles. The summed E-state index contributed by atoms with van der Waals surface area (Å²) in [5.41, 5.74) is 0.904. The summed E-state index contributed by atoms with van der Waals surface area (Å²) >= 11 is 3.20. The van der Waals surface area contributed by atoms with Gasteiger partial charge in [-0.25, -0.2) is 0 Å². The summed E-state index contributed by atoms with van der Waals surface area (Å²) in [4.78, 5) is 22.5. The minimum absolute atomic E-state index is 0.0176. The van der Waals surface area contributed by atoms with E-state index in [9.17, 15) is 14.9 Å². The van der Waals surface area contributed by atoms with Crippen molar-refractivity contribution in [3.8, 4) is 0 Å². The Balaban J connectivity index is 2.17. The van der Waals surface area contributed by atoms with E-state index in [2.05, 4.69) is 21.2 Å². The number of carbonyl (C=O) groups excluding carboxylic acids is 1. The van der Waals surface area contributed by atoms with Crippen molar-refractivity contribution in [3.63, 3.8) is 0 Å². The molecule has 1 aromatic carbocycles. The van der Waals surface area contributed by atoms with E-state index in [1.165, 1.54) is 6.07 Å². The van der Waals surface area contributed by atoms with Crippen LogP contribution in [0, 0.1) is 10.1 Å². The average molecular weight is 327 g/mol. The highest BCUT2D eigenvalue weighted by atomic mass is 79.9. The van der Waals surface area contributed by atoms with E-state index < -0.39 is 4.92 Å². The molecule has 0 heterocycles. The molecule has 2 rings (SSSR count). The maximum absolute atomic E-state index is 12.0. The molecule has 5 nitrogen and oxygen atoms in total. The van der Waals surface area contributed by atoms with Crippen molar-refractivity contribution in [3.05, 3.63) is 39.4 Å². The molecule has 1 N–H and O–H groups in total. The van der Waals surface area contributed by atoms with Crippen molar-refractivity contribution in [2.24, 2.45) is 0 Å². The molecule has 6 heteroatoms. The van der Waals surface area contributed by atoms with E-state index >= 15 is 0 Å². The quantitative estimate of drug-likeness (QED) is 0.524. The first-order valence-corrected chi connectivity index (χ1v) is 7.38. The molecule has 1 fully saturated rings. The second-order valence-corrected chi connectivity index (χ2v) is 5.25. The molecule has 0 aromatic heterocycles. The van der Waals surface area contributed by atoms with Crippen LogP contribution in [0.15, 0.2) is 18.2 Å². The van der Waals surface area contributed by atoms with Gasteiger partial charge in [-0.15, -0.1) is 0 Å². The predicted octanol–water partition coefficient (Wildman–Crippen LogP) is 3.16. The molecule has 102 valence electrons. The molecule has 1 aromatic rings. The van der Waals surface area contributed by atoms with Crippen LogP contribution in [0.25, 0.3) is 0 Å². The summed E-state index contributed by atoms with van der Waals surface area (Å²) in [7, 11) is 0. The minimum Gasteiger partial charge on any atom is -0.349 e. The molecular weight excluding hydrogens is 312 g/mol. The number of nitro groups is 1. The third-order valence-electron chi connectivity index (χ3n) is 3.38. The van der Waals surface area contributed by atoms with Crippen LogP contribution in [-0.2, 0) is 5.33 Å². The summed E-state index contributed by atoms with van der Waals surface area (Å²) in [6, 6.07) is 4.81. The van der Waals surface area contributed by atoms with Crippen LogP contribution in [0.2, 0.25) is 0 Å². The van der Waals surface area contributed by atoms with Gasteiger partial charge < -0.3 is 5.32 Å². The molecule has 0 radical (unpaired) electrons. The number of carbonyl (C=O) groups is 1. The molecule has 0 atom stereocenters. The third-order valence-corrected chi connectivity index (χ3v) is 3.98. The fourth-order valence-electron chi connectivity index (χ4n) is 2.33. The van der Waals surface area contributed by atoms with E-state index in [0.717, 1.165) is 25.7 Å². The Labute approximate surface area is 119 Å². The van der Waals surface area contributed by atoms with Gasteiger partial charge in [-0.2, -0.15) is 0 Å². The summed E-state index contributed by atoms with van der Waals surface area (Å²) in [6.07, 6.45) is 4.25. The Morgan fingerprint density at radius 1 is 1.42 bits per heavy atom. The number of amides is 1. The standard InChI is InChI=1S/C13H15BrN2O3/c14-8-10-6-5-9(7-12(10)16(18)19)13(17)15-11-3-1-2-4-11/h5-7,11H,1-4,8H2,(H,15,17). The van der Waals surface area contributed by atoms with Gasteiger partial charge in [0.15, 0.2) is 0 Å². The zero-order valence-electron chi connectivity index (χ0n) is 10.4. The van der Waals surface area contributed by atoms with E-state index in [-0.39, 0.29) is 17.6 Å². The van der Waals surface area contributed by atoms with Gasteiger partial charge in [0.2, 0.25) is 0 Å². The molecule has 0 spiro atoms. The number of benzene rings is 1. The van der Waals surface area contributed by atoms with E-state index in [1.54, 1.807) is 12.1 Å². The SMILES string of the molecule is O=C(NC1CCCC1)c1ccc(CBr)c([N+](=O)[O-])c1. The maximum atomic E-state index is 12.0. The van der Waals surface area contributed by atoms with Crippen molar-refractivity contribution >= 4 is 27.5 Å². The minimum atomic E-state index is -0.455. The molecule has 0 aliphatic heterocycles. The van der Waals surface area contributed by atoms with Gasteiger partial charge in [0.1, 0.15) is 0 Å². The van der Waals surface area contributed by atoms with Gasteiger partial charge in [-0.05, 0) is 18.9 Å². The highest BCUT2D eigenvalue weighted by molar-refractivity contribution is 9.08. The van der Waals surface area contributed by atoms with Gasteiger partial charge in [-0.3, -0.25) is 14.9 Å². The highest BCUT2D eigenvalue weighted by Gasteiger charge is 2.20. The maximum Gasteiger partial charge on any atom is 0.274 e. The Morgan fingerprint density at radius 3 is 2.68 bits per heavy atom. The molecule has 1 amide bonds. The first kappa shape index (κ1) is 14.0. The fourth-order valence-corrected chi connectivity index (χ4v) is 2.80. The molecule has 19 heavy (non-hydrogen) atoms. The summed E-state index contributed by atoms with van der Waals surface area (Å²) < 4.78 is 0. The molecule has 1 saturated carbocycles. The molecule has 0 bridgehead atoms. The van der Waals surface area contributed by atoms with Crippen LogP contribution in [0.1, 0.15) is 41.6 Å². The number of nitrogens with zero attached hydrogens (tertiary/aromatic N) is 1. The smallest absolute Gasteiger partial charge is 0.274 e. The number of hydrogen-bond donors (Lipinski definition) is 1. The van der Waals surface area contributed by atoms with Gasteiger partial charge in [0, 0.05) is 28.6 Å². The van der Waals surface area contributed by atoms with Crippen molar-refractivity contribution in [1.82, 2.24) is 5.32 Å². The van der Waals surface area contributed by atoms with Crippen molar-refractivity contribution in [1.29, 1.82) is 0 Å². The van der Waals surface area contributed by atoms with E-state index in [1.807, 2.05) is 0 Å². The lowest BCUT2D eigenvalue weighted by Gasteiger charge is -2.12. The Bertz CT molecular complexity index is 499. The monoisotopic (exact) mass is 326 g/mol. The number of nitrogens with one attached hydrogen (secondary N) is 1. The van der Waals surface area contributed by atoms with Crippen LogP contribution in [0.5, 0.6) is 0 Å². The van der Waals surface area contributed by atoms with E-state index in [4.69, 9.17) is 0 Å². The number of hydrogen-bond acceptors (Lipinski definition) is 3. The van der Waals surface area contributed by atoms with Gasteiger partial charge in [0.25, 0.3) is 11.6 Å². The predicted molar refractivity (Wildman–Crippen MR) is 75.4 cm³/mol. The summed E-state index contributed by atoms with van der Waals surface area (Å²) in [5.74, 6) is -0.226. The lowest BCUT2D eigenvalue weighted by Crippen LogP contribution is -2.32. The number of halogens is 1. The van der Waals surface area contributed by atoms with Gasteiger partial charge >= 0.3 is 0 Å². The first-order chi connectivity index (χ1) is 9.11. The lowest BCUT2D eigenvalue weighted by molar-refractivity contribution is -0.385. The fraction of sp³-hybridized carbons (Fsp3) is 0.462. The van der Waals surface area contributed by atoms with Crippen LogP contribution in [-0.4, -0.2) is 16.9 Å². The molecular formula is C13H15BrN2O3. The second-order valence-electron chi connectivity index (χ2n) is 4.69. The topological polar surface area (TPSA) is 72.2 Å². The highest BCUT2D eigenvalue weighted by Crippen LogP contribution is 2.23. The summed E-state index contributed by atoms with van der Waals surface area (Å²) in [6.45, 7) is 0. The van der Waals surface area contributed by atoms with Crippen LogP contribution >= 0.6 is 15.9 Å². The summed E-state index contributed by atoms with van der Waals surface area (Å²) in [5, 5.41) is 14.3. The first-order valence-electron chi connectivity index (χ1n) is 6.26. The van der Waals surface area contributed by atoms with Crippen molar-refractivity contribution in [2.75, 3.05) is 0 Å². The zero-order chi connectivity index (χ0) is 13.8. The van der Waals surface area contributed by atoms with Crippen LogP contribution < -0.4 is 5.32 Å². The number of nitro benzene ring substituents is 1. The van der Waals surface area contributed by atoms with E-state index in [0.29, 0.717) is 16.5 Å². The van der Waals surface area contributed by atoms with Crippen molar-refractivity contribution < 1.29 is 9.72 Å². The van der Waals surface area contributed by atoms with Crippen LogP contribution in [0.4, 0.5) is 5.69 Å². The average Bonchev–Trinajstić information content (AvgIpc) is 2.90. The van der Waals surface area contributed by atoms with Gasteiger partial charge in [-0.1, -0.05) is 34.8 Å². The van der Waals surface area contributed by atoms with Crippen molar-refractivity contribution in [2.45, 2.75) is 37.1 Å². The van der Waals surface area contributed by atoms with Gasteiger partial charge in [0.05, 0.1) is 4.92 Å².